The SMILES string of the molecule is CCOCC(=O)Nc1ccc2c(c1F)CCNC2. The average molecular weight is 252 g/mol. The summed E-state index contributed by atoms with van der Waals surface area (Å²) in [4.78, 5) is 11.5. The molecule has 1 aromatic carbocycles. The van der Waals surface area contributed by atoms with Gasteiger partial charge in [-0.1, -0.05) is 6.07 Å². The molecule has 0 aliphatic carbocycles. The Morgan fingerprint density at radius 2 is 2.39 bits per heavy atom. The number of hydrogen-bond donors (Lipinski definition) is 2. The number of nitrogens with one attached hydrogen (secondary N) is 2. The molecule has 0 saturated heterocycles. The molecule has 18 heavy (non-hydrogen) atoms. The predicted molar refractivity (Wildman–Crippen MR) is 66.9 cm³/mol. The molecule has 0 atom stereocenters. The fraction of sp³-hybridized carbons (Fsp3) is 0.462. The van der Waals surface area contributed by atoms with Crippen LogP contribution in [-0.4, -0.2) is 25.7 Å². The standard InChI is InChI=1S/C13H17FN2O2/c1-2-18-8-12(17)16-11-4-3-9-7-15-6-5-10(9)13(11)14/h3-4,15H,2,5-8H2,1H3,(H,16,17). The average Bonchev–Trinajstić information content (AvgIpc) is 2.40. The van der Waals surface area contributed by atoms with Gasteiger partial charge in [-0.25, -0.2) is 4.39 Å². The fourth-order valence-electron chi connectivity index (χ4n) is 2.01. The summed E-state index contributed by atoms with van der Waals surface area (Å²) in [5.41, 5.74) is 1.89. The minimum Gasteiger partial charge on any atom is -0.372 e. The van der Waals surface area contributed by atoms with Crippen molar-refractivity contribution in [3.05, 3.63) is 29.1 Å². The summed E-state index contributed by atoms with van der Waals surface area (Å²) in [6.45, 7) is 3.67. The monoisotopic (exact) mass is 252 g/mol. The first-order valence-electron chi connectivity index (χ1n) is 6.11. The van der Waals surface area contributed by atoms with Crippen LogP contribution in [0.3, 0.4) is 0 Å². The van der Waals surface area contributed by atoms with Gasteiger partial charge in [0.15, 0.2) is 0 Å². The van der Waals surface area contributed by atoms with Crippen molar-refractivity contribution in [2.24, 2.45) is 0 Å². The molecule has 2 N–H and O–H groups in total. The van der Waals surface area contributed by atoms with Crippen LogP contribution in [0.15, 0.2) is 12.1 Å². The third-order valence-electron chi connectivity index (χ3n) is 2.92. The lowest BCUT2D eigenvalue weighted by molar-refractivity contribution is -0.120. The lowest BCUT2D eigenvalue weighted by atomic mass is 9.99. The molecule has 1 aromatic rings. The van der Waals surface area contributed by atoms with Crippen LogP contribution in [0, 0.1) is 5.82 Å². The number of carbonyl (C=O) groups excluding carboxylic acids is 1. The second kappa shape index (κ2) is 5.93. The number of amides is 1. The Hall–Kier alpha value is -1.46. The Labute approximate surface area is 106 Å². The molecule has 1 heterocycles. The third kappa shape index (κ3) is 2.86. The summed E-state index contributed by atoms with van der Waals surface area (Å²) in [5, 5.41) is 5.72. The van der Waals surface area contributed by atoms with Gasteiger partial charge in [0.05, 0.1) is 5.69 Å². The van der Waals surface area contributed by atoms with Crippen LogP contribution in [0.5, 0.6) is 0 Å². The van der Waals surface area contributed by atoms with E-state index in [-0.39, 0.29) is 24.0 Å². The normalized spacial score (nSPS) is 14.1. The third-order valence-corrected chi connectivity index (χ3v) is 2.92. The number of ether oxygens (including phenoxy) is 1. The Kier molecular flexibility index (Phi) is 4.28. The predicted octanol–water partition coefficient (Wildman–Crippen LogP) is 1.45. The quantitative estimate of drug-likeness (QED) is 0.852. The van der Waals surface area contributed by atoms with E-state index >= 15 is 0 Å². The van der Waals surface area contributed by atoms with Gasteiger partial charge in [0.2, 0.25) is 5.91 Å². The summed E-state index contributed by atoms with van der Waals surface area (Å²) in [7, 11) is 0. The molecule has 0 fully saturated rings. The summed E-state index contributed by atoms with van der Waals surface area (Å²) in [5.74, 6) is -0.650. The van der Waals surface area contributed by atoms with Gasteiger partial charge in [-0.15, -0.1) is 0 Å². The van der Waals surface area contributed by atoms with E-state index in [1.54, 1.807) is 13.0 Å². The van der Waals surface area contributed by atoms with Gasteiger partial charge < -0.3 is 15.4 Å². The lowest BCUT2D eigenvalue weighted by Gasteiger charge is -2.19. The Morgan fingerprint density at radius 1 is 1.56 bits per heavy atom. The van der Waals surface area contributed by atoms with E-state index in [9.17, 15) is 9.18 Å². The fourth-order valence-corrected chi connectivity index (χ4v) is 2.01. The molecule has 0 saturated carbocycles. The number of halogens is 1. The number of hydrogen-bond acceptors (Lipinski definition) is 3. The van der Waals surface area contributed by atoms with E-state index in [0.717, 1.165) is 12.1 Å². The minimum absolute atomic E-state index is 0.0470. The topological polar surface area (TPSA) is 50.4 Å². The zero-order chi connectivity index (χ0) is 13.0. The molecule has 1 aliphatic rings. The van der Waals surface area contributed by atoms with Gasteiger partial charge >= 0.3 is 0 Å². The van der Waals surface area contributed by atoms with Crippen LogP contribution >= 0.6 is 0 Å². The molecule has 0 aromatic heterocycles. The molecule has 0 unspecified atom stereocenters. The van der Waals surface area contributed by atoms with Gasteiger partial charge in [-0.3, -0.25) is 4.79 Å². The first-order valence-corrected chi connectivity index (χ1v) is 6.11. The number of carbonyl (C=O) groups is 1. The van der Waals surface area contributed by atoms with Gasteiger partial charge in [-0.05, 0) is 37.1 Å². The van der Waals surface area contributed by atoms with Crippen molar-refractivity contribution in [3.8, 4) is 0 Å². The zero-order valence-corrected chi connectivity index (χ0v) is 10.4. The summed E-state index contributed by atoms with van der Waals surface area (Å²) >= 11 is 0. The van der Waals surface area contributed by atoms with E-state index < -0.39 is 0 Å². The van der Waals surface area contributed by atoms with E-state index in [1.807, 2.05) is 6.07 Å². The number of rotatable bonds is 4. The van der Waals surface area contributed by atoms with Crippen molar-refractivity contribution in [1.82, 2.24) is 5.32 Å². The van der Waals surface area contributed by atoms with Crippen LogP contribution in [0.2, 0.25) is 0 Å². The van der Waals surface area contributed by atoms with Crippen LogP contribution < -0.4 is 10.6 Å². The summed E-state index contributed by atoms with van der Waals surface area (Å²) < 4.78 is 19.1. The Balaban J connectivity index is 2.12. The second-order valence-corrected chi connectivity index (χ2v) is 4.18. The molecule has 98 valence electrons. The highest BCUT2D eigenvalue weighted by Gasteiger charge is 2.17. The minimum atomic E-state index is -0.329. The van der Waals surface area contributed by atoms with Crippen molar-refractivity contribution in [3.63, 3.8) is 0 Å². The maximum Gasteiger partial charge on any atom is 0.250 e. The highest BCUT2D eigenvalue weighted by molar-refractivity contribution is 5.92. The first-order chi connectivity index (χ1) is 8.72. The molecule has 1 aliphatic heterocycles. The van der Waals surface area contributed by atoms with Crippen molar-refractivity contribution < 1.29 is 13.9 Å². The molecular formula is C13H17FN2O2. The van der Waals surface area contributed by atoms with E-state index in [4.69, 9.17) is 4.74 Å². The van der Waals surface area contributed by atoms with E-state index in [0.29, 0.717) is 25.1 Å². The van der Waals surface area contributed by atoms with Gasteiger partial charge in [0.1, 0.15) is 12.4 Å². The largest absolute Gasteiger partial charge is 0.372 e. The van der Waals surface area contributed by atoms with Crippen molar-refractivity contribution in [1.29, 1.82) is 0 Å². The molecular weight excluding hydrogens is 235 g/mol. The van der Waals surface area contributed by atoms with Crippen molar-refractivity contribution in [2.45, 2.75) is 19.9 Å². The van der Waals surface area contributed by atoms with Crippen LogP contribution in [-0.2, 0) is 22.5 Å². The highest BCUT2D eigenvalue weighted by atomic mass is 19.1. The number of fused-ring (bicyclic) bond motifs is 1. The molecule has 0 radical (unpaired) electrons. The summed E-state index contributed by atoms with van der Waals surface area (Å²) in [6, 6.07) is 3.45. The van der Waals surface area contributed by atoms with E-state index in [2.05, 4.69) is 10.6 Å². The van der Waals surface area contributed by atoms with Crippen LogP contribution in [0.25, 0.3) is 0 Å². The number of anilines is 1. The van der Waals surface area contributed by atoms with Crippen molar-refractivity contribution in [2.75, 3.05) is 25.1 Å². The second-order valence-electron chi connectivity index (χ2n) is 4.18. The maximum absolute atomic E-state index is 14.2. The maximum atomic E-state index is 14.2. The van der Waals surface area contributed by atoms with Crippen molar-refractivity contribution >= 4 is 11.6 Å². The Morgan fingerprint density at radius 3 is 3.17 bits per heavy atom. The molecule has 0 spiro atoms. The van der Waals surface area contributed by atoms with Crippen LogP contribution in [0.1, 0.15) is 18.1 Å². The molecule has 2 rings (SSSR count). The lowest BCUT2D eigenvalue weighted by Crippen LogP contribution is -2.25. The molecule has 0 bridgehead atoms. The van der Waals surface area contributed by atoms with Gasteiger partial charge in [-0.2, -0.15) is 0 Å². The van der Waals surface area contributed by atoms with Gasteiger partial charge in [0, 0.05) is 13.2 Å². The molecule has 1 amide bonds. The van der Waals surface area contributed by atoms with Gasteiger partial charge in [0.25, 0.3) is 0 Å². The summed E-state index contributed by atoms with van der Waals surface area (Å²) in [6.07, 6.45) is 0.649. The number of benzene rings is 1. The van der Waals surface area contributed by atoms with E-state index in [1.165, 1.54) is 0 Å². The zero-order valence-electron chi connectivity index (χ0n) is 10.4. The Bertz CT molecular complexity index is 449. The molecule has 5 heteroatoms. The first kappa shape index (κ1) is 13.0. The van der Waals surface area contributed by atoms with Crippen LogP contribution in [0.4, 0.5) is 10.1 Å². The molecule has 4 nitrogen and oxygen atoms in total. The highest BCUT2D eigenvalue weighted by Crippen LogP contribution is 2.24. The smallest absolute Gasteiger partial charge is 0.250 e.